The zero-order chi connectivity index (χ0) is 14.7. The largest absolute Gasteiger partial charge is 0.294 e. The molecule has 0 aliphatic carbocycles. The third kappa shape index (κ3) is 3.14. The van der Waals surface area contributed by atoms with Gasteiger partial charge in [-0.2, -0.15) is 0 Å². The van der Waals surface area contributed by atoms with Crippen LogP contribution >= 0.6 is 11.6 Å². The van der Waals surface area contributed by atoms with E-state index in [1.165, 1.54) is 16.3 Å². The summed E-state index contributed by atoms with van der Waals surface area (Å²) in [6.45, 7) is 0. The molecule has 0 bridgehead atoms. The van der Waals surface area contributed by atoms with Gasteiger partial charge in [0.1, 0.15) is 0 Å². The van der Waals surface area contributed by atoms with Gasteiger partial charge in [0.05, 0.1) is 0 Å². The number of Topliss-reactive ketones (excluding diaryl/α,β-unsaturated/α-hetero) is 1. The molecule has 2 heteroatoms. The fourth-order valence-electron chi connectivity index (χ4n) is 2.54. The second kappa shape index (κ2) is 6.11. The number of carbonyl (C=O) groups is 1. The molecule has 0 fully saturated rings. The fraction of sp³-hybridized carbons (Fsp3) is 0.105. The van der Waals surface area contributed by atoms with Gasteiger partial charge in [-0.15, -0.1) is 0 Å². The summed E-state index contributed by atoms with van der Waals surface area (Å²) in [5, 5.41) is 3.10. The monoisotopic (exact) mass is 294 g/mol. The molecule has 1 nitrogen and oxygen atoms in total. The summed E-state index contributed by atoms with van der Waals surface area (Å²) >= 11 is 5.84. The maximum absolute atomic E-state index is 12.2. The molecule has 3 rings (SSSR count). The van der Waals surface area contributed by atoms with E-state index in [1.54, 1.807) is 24.3 Å². The van der Waals surface area contributed by atoms with Crippen molar-refractivity contribution >= 4 is 28.2 Å². The molecule has 0 aromatic heterocycles. The Morgan fingerprint density at radius 3 is 2.38 bits per heavy atom. The van der Waals surface area contributed by atoms with Crippen molar-refractivity contribution in [2.45, 2.75) is 12.8 Å². The minimum atomic E-state index is 0.152. The van der Waals surface area contributed by atoms with Crippen LogP contribution in [0.5, 0.6) is 0 Å². The van der Waals surface area contributed by atoms with Crippen LogP contribution < -0.4 is 0 Å². The zero-order valence-electron chi connectivity index (χ0n) is 11.6. The Morgan fingerprint density at radius 1 is 0.857 bits per heavy atom. The number of rotatable bonds is 4. The van der Waals surface area contributed by atoms with Crippen molar-refractivity contribution in [3.05, 3.63) is 82.9 Å². The molecule has 0 saturated carbocycles. The molecule has 0 unspecified atom stereocenters. The SMILES string of the molecule is O=C(CCc1cccc2ccccc12)c1ccc(Cl)cc1. The molecule has 21 heavy (non-hydrogen) atoms. The molecule has 0 spiro atoms. The van der Waals surface area contributed by atoms with Crippen LogP contribution in [-0.2, 0) is 6.42 Å². The van der Waals surface area contributed by atoms with E-state index in [0.717, 1.165) is 12.0 Å². The fourth-order valence-corrected chi connectivity index (χ4v) is 2.66. The first kappa shape index (κ1) is 13.8. The lowest BCUT2D eigenvalue weighted by molar-refractivity contribution is 0.0983. The third-order valence-electron chi connectivity index (χ3n) is 3.67. The first-order valence-corrected chi connectivity index (χ1v) is 7.37. The molecule has 104 valence electrons. The van der Waals surface area contributed by atoms with Crippen LogP contribution in [0.1, 0.15) is 22.3 Å². The predicted octanol–water partition coefficient (Wildman–Crippen LogP) is 5.31. The first-order chi connectivity index (χ1) is 10.2. The third-order valence-corrected chi connectivity index (χ3v) is 3.92. The first-order valence-electron chi connectivity index (χ1n) is 6.99. The lowest BCUT2D eigenvalue weighted by Crippen LogP contribution is -2.01. The van der Waals surface area contributed by atoms with Crippen LogP contribution in [0, 0.1) is 0 Å². The summed E-state index contributed by atoms with van der Waals surface area (Å²) in [5.41, 5.74) is 1.94. The molecule has 0 aliphatic rings. The topological polar surface area (TPSA) is 17.1 Å². The van der Waals surface area contributed by atoms with Gasteiger partial charge in [-0.1, -0.05) is 54.1 Å². The van der Waals surface area contributed by atoms with Gasteiger partial charge in [0.25, 0.3) is 0 Å². The molecule has 0 radical (unpaired) electrons. The highest BCUT2D eigenvalue weighted by Crippen LogP contribution is 2.20. The number of fused-ring (bicyclic) bond motifs is 1. The van der Waals surface area contributed by atoms with Gasteiger partial charge in [-0.05, 0) is 47.0 Å². The molecule has 3 aromatic rings. The van der Waals surface area contributed by atoms with E-state index in [4.69, 9.17) is 11.6 Å². The number of hydrogen-bond acceptors (Lipinski definition) is 1. The van der Waals surface area contributed by atoms with Gasteiger partial charge in [0, 0.05) is 17.0 Å². The zero-order valence-corrected chi connectivity index (χ0v) is 12.3. The van der Waals surface area contributed by atoms with Crippen molar-refractivity contribution in [2.24, 2.45) is 0 Å². The quantitative estimate of drug-likeness (QED) is 0.596. The summed E-state index contributed by atoms with van der Waals surface area (Å²) in [6.07, 6.45) is 1.26. The number of carbonyl (C=O) groups excluding carboxylic acids is 1. The van der Waals surface area contributed by atoms with E-state index in [9.17, 15) is 4.79 Å². The van der Waals surface area contributed by atoms with Crippen molar-refractivity contribution in [3.63, 3.8) is 0 Å². The Kier molecular flexibility index (Phi) is 4.03. The van der Waals surface area contributed by atoms with Crippen LogP contribution in [0.4, 0.5) is 0 Å². The van der Waals surface area contributed by atoms with Crippen LogP contribution in [0.2, 0.25) is 5.02 Å². The second-order valence-corrected chi connectivity index (χ2v) is 5.50. The second-order valence-electron chi connectivity index (χ2n) is 5.07. The smallest absolute Gasteiger partial charge is 0.163 e. The minimum absolute atomic E-state index is 0.152. The van der Waals surface area contributed by atoms with Gasteiger partial charge < -0.3 is 0 Å². The maximum atomic E-state index is 12.2. The highest BCUT2D eigenvalue weighted by Gasteiger charge is 2.07. The van der Waals surface area contributed by atoms with Gasteiger partial charge in [0.2, 0.25) is 0 Å². The number of halogens is 1. The molecule has 0 heterocycles. The minimum Gasteiger partial charge on any atom is -0.294 e. The van der Waals surface area contributed by atoms with Gasteiger partial charge in [-0.3, -0.25) is 4.79 Å². The average molecular weight is 295 g/mol. The van der Waals surface area contributed by atoms with Crippen LogP contribution in [-0.4, -0.2) is 5.78 Å². The maximum Gasteiger partial charge on any atom is 0.163 e. The van der Waals surface area contributed by atoms with E-state index in [1.807, 2.05) is 18.2 Å². The van der Waals surface area contributed by atoms with Crippen molar-refractivity contribution < 1.29 is 4.79 Å². The summed E-state index contributed by atoms with van der Waals surface area (Å²) in [5.74, 6) is 0.152. The summed E-state index contributed by atoms with van der Waals surface area (Å²) in [4.78, 5) is 12.2. The Morgan fingerprint density at radius 2 is 1.57 bits per heavy atom. The molecule has 0 amide bonds. The van der Waals surface area contributed by atoms with Crippen molar-refractivity contribution in [1.82, 2.24) is 0 Å². The number of aryl methyl sites for hydroxylation is 1. The van der Waals surface area contributed by atoms with Crippen molar-refractivity contribution in [3.8, 4) is 0 Å². The summed E-state index contributed by atoms with van der Waals surface area (Å²) < 4.78 is 0. The van der Waals surface area contributed by atoms with Crippen molar-refractivity contribution in [1.29, 1.82) is 0 Å². The normalized spacial score (nSPS) is 10.7. The Hall–Kier alpha value is -2.12. The Labute approximate surface area is 129 Å². The number of hydrogen-bond donors (Lipinski definition) is 0. The van der Waals surface area contributed by atoms with E-state index < -0.39 is 0 Å². The highest BCUT2D eigenvalue weighted by atomic mass is 35.5. The molecule has 0 saturated heterocycles. The van der Waals surface area contributed by atoms with E-state index in [0.29, 0.717) is 11.4 Å². The molecule has 0 N–H and O–H groups in total. The predicted molar refractivity (Wildman–Crippen MR) is 88.1 cm³/mol. The number of benzene rings is 3. The van der Waals surface area contributed by atoms with Crippen LogP contribution in [0.15, 0.2) is 66.7 Å². The Balaban J connectivity index is 1.77. The van der Waals surface area contributed by atoms with E-state index in [2.05, 4.69) is 24.3 Å². The Bertz CT molecular complexity index is 770. The molecule has 0 atom stereocenters. The van der Waals surface area contributed by atoms with Crippen molar-refractivity contribution in [2.75, 3.05) is 0 Å². The average Bonchev–Trinajstić information content (AvgIpc) is 2.53. The summed E-state index contributed by atoms with van der Waals surface area (Å²) in [6, 6.07) is 21.6. The standard InChI is InChI=1S/C19H15ClO/c20-17-11-8-16(9-12-17)19(21)13-10-15-6-3-5-14-4-1-2-7-18(14)15/h1-9,11-12H,10,13H2. The van der Waals surface area contributed by atoms with Gasteiger partial charge in [0.15, 0.2) is 5.78 Å². The van der Waals surface area contributed by atoms with E-state index in [-0.39, 0.29) is 5.78 Å². The van der Waals surface area contributed by atoms with E-state index >= 15 is 0 Å². The number of ketones is 1. The lowest BCUT2D eigenvalue weighted by atomic mass is 9.98. The van der Waals surface area contributed by atoms with Crippen LogP contribution in [0.3, 0.4) is 0 Å². The molecule has 3 aromatic carbocycles. The van der Waals surface area contributed by atoms with Gasteiger partial charge in [-0.25, -0.2) is 0 Å². The highest BCUT2D eigenvalue weighted by molar-refractivity contribution is 6.30. The molecular weight excluding hydrogens is 280 g/mol. The lowest BCUT2D eigenvalue weighted by Gasteiger charge is -2.06. The van der Waals surface area contributed by atoms with Crippen LogP contribution in [0.25, 0.3) is 10.8 Å². The summed E-state index contributed by atoms with van der Waals surface area (Å²) in [7, 11) is 0. The molecule has 0 aliphatic heterocycles. The van der Waals surface area contributed by atoms with Gasteiger partial charge >= 0.3 is 0 Å². The molecular formula is C19H15ClO.